The molecule has 0 aromatic heterocycles. The van der Waals surface area contributed by atoms with Gasteiger partial charge in [0.05, 0.1) is 31.1 Å². The quantitative estimate of drug-likeness (QED) is 0.509. The van der Waals surface area contributed by atoms with E-state index in [1.165, 1.54) is 0 Å². The largest absolute Gasteiger partial charge is 0.462 e. The van der Waals surface area contributed by atoms with Crippen LogP contribution in [0, 0.1) is 0 Å². The number of benzene rings is 1. The molecule has 1 aromatic rings. The average Bonchev–Trinajstić information content (AvgIpc) is 2.49. The highest BCUT2D eigenvalue weighted by molar-refractivity contribution is 5.90. The van der Waals surface area contributed by atoms with Gasteiger partial charge in [-0.3, -0.25) is 0 Å². The molecule has 0 spiro atoms. The summed E-state index contributed by atoms with van der Waals surface area (Å²) >= 11 is 0. The van der Waals surface area contributed by atoms with Crippen LogP contribution in [0.25, 0.3) is 0 Å². The molecule has 0 unspecified atom stereocenters. The number of morpholine rings is 1. The molecule has 1 aliphatic heterocycles. The van der Waals surface area contributed by atoms with Gasteiger partial charge in [0, 0.05) is 13.1 Å². The molecule has 1 saturated heterocycles. The molecule has 1 aromatic carbocycles. The van der Waals surface area contributed by atoms with Gasteiger partial charge in [0.15, 0.2) is 5.96 Å². The van der Waals surface area contributed by atoms with Crippen LogP contribution in [0.2, 0.25) is 0 Å². The van der Waals surface area contributed by atoms with Crippen LogP contribution in [0.3, 0.4) is 0 Å². The number of hydrogen-bond acceptors (Lipinski definition) is 4. The maximum absolute atomic E-state index is 11.5. The number of nitrogens with zero attached hydrogens (tertiary/aromatic N) is 2. The Morgan fingerprint density at radius 3 is 2.60 bits per heavy atom. The van der Waals surface area contributed by atoms with Crippen LogP contribution in [-0.2, 0) is 9.47 Å². The summed E-state index contributed by atoms with van der Waals surface area (Å²) in [6, 6.07) is 6.87. The van der Waals surface area contributed by atoms with Gasteiger partial charge in [-0.1, -0.05) is 0 Å². The molecule has 6 heteroatoms. The number of hydrogen-bond donors (Lipinski definition) is 1. The summed E-state index contributed by atoms with van der Waals surface area (Å²) in [6.45, 7) is 4.96. The number of esters is 1. The number of guanidine groups is 1. The summed E-state index contributed by atoms with van der Waals surface area (Å²) in [6.07, 6.45) is 0. The normalized spacial score (nSPS) is 16.1. The van der Waals surface area contributed by atoms with E-state index in [1.54, 1.807) is 31.2 Å². The van der Waals surface area contributed by atoms with Crippen molar-refractivity contribution in [3.8, 4) is 0 Å². The zero-order valence-corrected chi connectivity index (χ0v) is 11.5. The second kappa shape index (κ2) is 6.91. The SMILES string of the molecule is CCOC(=O)c1ccc(N=C(N)N2CCOCC2)cc1. The monoisotopic (exact) mass is 277 g/mol. The molecule has 2 rings (SSSR count). The van der Waals surface area contributed by atoms with Crippen molar-refractivity contribution in [2.75, 3.05) is 32.9 Å². The molecule has 1 fully saturated rings. The minimum atomic E-state index is -0.329. The lowest BCUT2D eigenvalue weighted by molar-refractivity contribution is 0.0526. The molecule has 0 saturated carbocycles. The Hall–Kier alpha value is -2.08. The Kier molecular flexibility index (Phi) is 4.95. The smallest absolute Gasteiger partial charge is 0.338 e. The van der Waals surface area contributed by atoms with Crippen molar-refractivity contribution < 1.29 is 14.3 Å². The fourth-order valence-electron chi connectivity index (χ4n) is 1.88. The Balaban J connectivity index is 2.03. The second-order valence-corrected chi connectivity index (χ2v) is 4.34. The van der Waals surface area contributed by atoms with Crippen LogP contribution < -0.4 is 5.73 Å². The second-order valence-electron chi connectivity index (χ2n) is 4.34. The summed E-state index contributed by atoms with van der Waals surface area (Å²) in [5.41, 5.74) is 7.17. The summed E-state index contributed by atoms with van der Waals surface area (Å²) < 4.78 is 10.2. The molecule has 0 radical (unpaired) electrons. The highest BCUT2D eigenvalue weighted by atomic mass is 16.5. The molecular formula is C14H19N3O3. The molecule has 6 nitrogen and oxygen atoms in total. The molecule has 2 N–H and O–H groups in total. The summed E-state index contributed by atoms with van der Waals surface area (Å²) in [5.74, 6) is 0.140. The van der Waals surface area contributed by atoms with E-state index in [2.05, 4.69) is 4.99 Å². The standard InChI is InChI=1S/C14H19N3O3/c1-2-20-13(18)11-3-5-12(6-4-11)16-14(15)17-7-9-19-10-8-17/h3-6H,2,7-10H2,1H3,(H2,15,16). The summed E-state index contributed by atoms with van der Waals surface area (Å²) in [5, 5.41) is 0. The highest BCUT2D eigenvalue weighted by Gasteiger charge is 2.12. The Bertz CT molecular complexity index is 479. The first kappa shape index (κ1) is 14.3. The Morgan fingerprint density at radius 2 is 2.00 bits per heavy atom. The first-order valence-corrected chi connectivity index (χ1v) is 6.64. The van der Waals surface area contributed by atoms with E-state index in [0.29, 0.717) is 37.0 Å². The van der Waals surface area contributed by atoms with Crippen molar-refractivity contribution in [2.24, 2.45) is 10.7 Å². The number of carbonyl (C=O) groups is 1. The maximum atomic E-state index is 11.5. The molecule has 1 aliphatic rings. The van der Waals surface area contributed by atoms with Crippen molar-refractivity contribution >= 4 is 17.6 Å². The first-order chi connectivity index (χ1) is 9.70. The van der Waals surface area contributed by atoms with Crippen molar-refractivity contribution in [3.05, 3.63) is 29.8 Å². The van der Waals surface area contributed by atoms with Crippen molar-refractivity contribution in [2.45, 2.75) is 6.92 Å². The van der Waals surface area contributed by atoms with Crippen LogP contribution in [0.5, 0.6) is 0 Å². The van der Waals surface area contributed by atoms with Crippen LogP contribution in [-0.4, -0.2) is 49.7 Å². The maximum Gasteiger partial charge on any atom is 0.338 e. The molecular weight excluding hydrogens is 258 g/mol. The van der Waals surface area contributed by atoms with Crippen LogP contribution in [0.15, 0.2) is 29.3 Å². The van der Waals surface area contributed by atoms with Gasteiger partial charge in [-0.15, -0.1) is 0 Å². The van der Waals surface area contributed by atoms with Gasteiger partial charge in [0.25, 0.3) is 0 Å². The first-order valence-electron chi connectivity index (χ1n) is 6.64. The fraction of sp³-hybridized carbons (Fsp3) is 0.429. The third kappa shape index (κ3) is 3.71. The topological polar surface area (TPSA) is 77.1 Å². The third-order valence-corrected chi connectivity index (χ3v) is 2.96. The van der Waals surface area contributed by atoms with Crippen molar-refractivity contribution in [1.82, 2.24) is 4.90 Å². The molecule has 0 aliphatic carbocycles. The molecule has 0 bridgehead atoms. The van der Waals surface area contributed by atoms with Gasteiger partial charge >= 0.3 is 5.97 Å². The number of aliphatic imine (C=N–C) groups is 1. The number of ether oxygens (including phenoxy) is 2. The summed E-state index contributed by atoms with van der Waals surface area (Å²) in [7, 11) is 0. The van der Waals surface area contributed by atoms with E-state index in [9.17, 15) is 4.79 Å². The van der Waals surface area contributed by atoms with E-state index in [-0.39, 0.29) is 5.97 Å². The van der Waals surface area contributed by atoms with E-state index in [4.69, 9.17) is 15.2 Å². The van der Waals surface area contributed by atoms with Crippen molar-refractivity contribution in [1.29, 1.82) is 0 Å². The lowest BCUT2D eigenvalue weighted by Gasteiger charge is -2.27. The minimum absolute atomic E-state index is 0.329. The van der Waals surface area contributed by atoms with Gasteiger partial charge in [-0.2, -0.15) is 0 Å². The van der Waals surface area contributed by atoms with E-state index >= 15 is 0 Å². The Labute approximate surface area is 118 Å². The van der Waals surface area contributed by atoms with Crippen LogP contribution in [0.4, 0.5) is 5.69 Å². The van der Waals surface area contributed by atoms with E-state index < -0.39 is 0 Å². The van der Waals surface area contributed by atoms with Gasteiger partial charge in [0.1, 0.15) is 0 Å². The number of rotatable bonds is 3. The zero-order valence-electron chi connectivity index (χ0n) is 11.5. The lowest BCUT2D eigenvalue weighted by atomic mass is 10.2. The van der Waals surface area contributed by atoms with Crippen LogP contribution >= 0.6 is 0 Å². The lowest BCUT2D eigenvalue weighted by Crippen LogP contribution is -2.44. The average molecular weight is 277 g/mol. The van der Waals surface area contributed by atoms with Crippen molar-refractivity contribution in [3.63, 3.8) is 0 Å². The molecule has 1 heterocycles. The molecule has 108 valence electrons. The fourth-order valence-corrected chi connectivity index (χ4v) is 1.88. The van der Waals surface area contributed by atoms with Gasteiger partial charge in [0.2, 0.25) is 0 Å². The predicted octanol–water partition coefficient (Wildman–Crippen LogP) is 1.14. The van der Waals surface area contributed by atoms with Crippen LogP contribution in [0.1, 0.15) is 17.3 Å². The summed E-state index contributed by atoms with van der Waals surface area (Å²) in [4.78, 5) is 17.8. The Morgan fingerprint density at radius 1 is 1.35 bits per heavy atom. The van der Waals surface area contributed by atoms with Gasteiger partial charge in [-0.25, -0.2) is 9.79 Å². The molecule has 20 heavy (non-hydrogen) atoms. The van der Waals surface area contributed by atoms with Gasteiger partial charge in [-0.05, 0) is 31.2 Å². The number of nitrogens with two attached hydrogens (primary N) is 1. The predicted molar refractivity (Wildman–Crippen MR) is 76.1 cm³/mol. The zero-order chi connectivity index (χ0) is 14.4. The van der Waals surface area contributed by atoms with E-state index in [0.717, 1.165) is 13.1 Å². The third-order valence-electron chi connectivity index (χ3n) is 2.96. The highest BCUT2D eigenvalue weighted by Crippen LogP contribution is 2.14. The number of carbonyl (C=O) groups excluding carboxylic acids is 1. The van der Waals surface area contributed by atoms with E-state index in [1.807, 2.05) is 4.90 Å². The minimum Gasteiger partial charge on any atom is -0.462 e. The molecule has 0 amide bonds. The van der Waals surface area contributed by atoms with Gasteiger partial charge < -0.3 is 20.1 Å². The molecule has 0 atom stereocenters.